The van der Waals surface area contributed by atoms with E-state index >= 15 is 0 Å². The van der Waals surface area contributed by atoms with E-state index in [-0.39, 0.29) is 0 Å². The van der Waals surface area contributed by atoms with E-state index < -0.39 is 0 Å². The Balaban J connectivity index is 1.94. The van der Waals surface area contributed by atoms with E-state index in [1.807, 2.05) is 0 Å². The second-order valence-corrected chi connectivity index (χ2v) is 6.04. The number of allylic oxidation sites excluding steroid dienone is 2. The summed E-state index contributed by atoms with van der Waals surface area (Å²) >= 11 is 2.14. The van der Waals surface area contributed by atoms with E-state index in [4.69, 9.17) is 0 Å². The molecule has 0 aromatic rings. The molecule has 3 atom stereocenters. The van der Waals surface area contributed by atoms with Crippen LogP contribution >= 0.6 is 11.8 Å². The normalized spacial score (nSPS) is 39.3. The van der Waals surface area contributed by atoms with Gasteiger partial charge in [-0.25, -0.2) is 0 Å². The lowest BCUT2D eigenvalue weighted by molar-refractivity contribution is 0.356. The molecular formula is C12H21NS. The third-order valence-electron chi connectivity index (χ3n) is 3.22. The molecule has 2 aliphatic rings. The van der Waals surface area contributed by atoms with Crippen LogP contribution in [0.5, 0.6) is 0 Å². The van der Waals surface area contributed by atoms with Crippen LogP contribution in [0.2, 0.25) is 0 Å². The van der Waals surface area contributed by atoms with E-state index in [1.54, 1.807) is 5.57 Å². The first-order valence-corrected chi connectivity index (χ1v) is 6.83. The second-order valence-electron chi connectivity index (χ2n) is 4.79. The highest BCUT2D eigenvalue weighted by molar-refractivity contribution is 7.99. The third-order valence-corrected chi connectivity index (χ3v) is 4.65. The molecule has 14 heavy (non-hydrogen) atoms. The van der Waals surface area contributed by atoms with Crippen LogP contribution < -0.4 is 5.32 Å². The number of hydrogen-bond donors (Lipinski definition) is 1. The van der Waals surface area contributed by atoms with Gasteiger partial charge in [0.05, 0.1) is 5.37 Å². The minimum atomic E-state index is 0.731. The largest absolute Gasteiger partial charge is 0.305 e. The van der Waals surface area contributed by atoms with Gasteiger partial charge in [0.15, 0.2) is 0 Å². The zero-order valence-corrected chi connectivity index (χ0v) is 10.1. The van der Waals surface area contributed by atoms with E-state index in [9.17, 15) is 0 Å². The van der Waals surface area contributed by atoms with Gasteiger partial charge in [-0.1, -0.05) is 18.6 Å². The third kappa shape index (κ3) is 2.54. The minimum Gasteiger partial charge on any atom is -0.305 e. The molecule has 1 nitrogen and oxygen atoms in total. The zero-order chi connectivity index (χ0) is 9.97. The Kier molecular flexibility index (Phi) is 3.56. The monoisotopic (exact) mass is 211 g/mol. The molecule has 1 heterocycles. The smallest absolute Gasteiger partial charge is 0.0564 e. The molecule has 1 N–H and O–H groups in total. The van der Waals surface area contributed by atoms with Crippen molar-refractivity contribution in [2.45, 2.75) is 38.5 Å². The van der Waals surface area contributed by atoms with Crippen molar-refractivity contribution in [2.24, 2.45) is 11.8 Å². The number of nitrogens with one attached hydrogen (secondary N) is 1. The molecular weight excluding hydrogens is 190 g/mol. The molecule has 1 aliphatic heterocycles. The lowest BCUT2D eigenvalue weighted by atomic mass is 9.83. The van der Waals surface area contributed by atoms with Gasteiger partial charge in [-0.15, -0.1) is 11.8 Å². The fourth-order valence-electron chi connectivity index (χ4n) is 2.72. The number of rotatable bonds is 1. The van der Waals surface area contributed by atoms with Crippen LogP contribution in [0, 0.1) is 11.8 Å². The van der Waals surface area contributed by atoms with Crippen molar-refractivity contribution in [1.29, 1.82) is 0 Å². The van der Waals surface area contributed by atoms with Crippen molar-refractivity contribution < 1.29 is 0 Å². The van der Waals surface area contributed by atoms with Gasteiger partial charge in [0.1, 0.15) is 0 Å². The van der Waals surface area contributed by atoms with Crippen LogP contribution in [0.1, 0.15) is 33.1 Å². The minimum absolute atomic E-state index is 0.731. The van der Waals surface area contributed by atoms with Gasteiger partial charge in [-0.3, -0.25) is 0 Å². The molecule has 80 valence electrons. The molecule has 0 aromatic carbocycles. The van der Waals surface area contributed by atoms with Crippen LogP contribution in [0.25, 0.3) is 0 Å². The summed E-state index contributed by atoms with van der Waals surface area (Å²) in [6.07, 6.45) is 6.49. The van der Waals surface area contributed by atoms with Crippen LogP contribution in [0.3, 0.4) is 0 Å². The quantitative estimate of drug-likeness (QED) is 0.669. The highest BCUT2D eigenvalue weighted by Gasteiger charge is 2.27. The summed E-state index contributed by atoms with van der Waals surface area (Å²) in [6.45, 7) is 5.87. The SMILES string of the molecule is CC1=CC(C)CC(C2NCCCS2)C1. The molecule has 1 aliphatic carbocycles. The highest BCUT2D eigenvalue weighted by Crippen LogP contribution is 2.35. The molecule has 0 amide bonds. The number of hydrogen-bond acceptors (Lipinski definition) is 2. The lowest BCUT2D eigenvalue weighted by Crippen LogP contribution is -2.39. The molecule has 0 saturated carbocycles. The topological polar surface area (TPSA) is 12.0 Å². The van der Waals surface area contributed by atoms with Crippen molar-refractivity contribution >= 4 is 11.8 Å². The predicted octanol–water partition coefficient (Wildman–Crippen LogP) is 3.03. The average Bonchev–Trinajstić information content (AvgIpc) is 2.18. The molecule has 2 rings (SSSR count). The number of thioether (sulfide) groups is 1. The van der Waals surface area contributed by atoms with Crippen molar-refractivity contribution in [3.05, 3.63) is 11.6 Å². The molecule has 0 bridgehead atoms. The Morgan fingerprint density at radius 1 is 1.50 bits per heavy atom. The fourth-order valence-corrected chi connectivity index (χ4v) is 4.00. The summed E-state index contributed by atoms with van der Waals surface area (Å²) < 4.78 is 0. The summed E-state index contributed by atoms with van der Waals surface area (Å²) in [5.74, 6) is 3.02. The van der Waals surface area contributed by atoms with E-state index in [0.29, 0.717) is 0 Å². The maximum Gasteiger partial charge on any atom is 0.0564 e. The van der Waals surface area contributed by atoms with Crippen LogP contribution in [0.4, 0.5) is 0 Å². The molecule has 0 spiro atoms. The first-order chi connectivity index (χ1) is 6.75. The Morgan fingerprint density at radius 2 is 2.36 bits per heavy atom. The van der Waals surface area contributed by atoms with Gasteiger partial charge in [-0.05, 0) is 50.3 Å². The standard InChI is InChI=1S/C12H21NS/c1-9-6-10(2)8-11(7-9)12-13-4-3-5-14-12/h6,9,11-13H,3-5,7-8H2,1-2H3. The van der Waals surface area contributed by atoms with Crippen LogP contribution in [-0.2, 0) is 0 Å². The van der Waals surface area contributed by atoms with Crippen molar-refractivity contribution in [3.63, 3.8) is 0 Å². The zero-order valence-electron chi connectivity index (χ0n) is 9.25. The molecule has 1 fully saturated rings. The molecule has 2 heteroatoms. The van der Waals surface area contributed by atoms with Gasteiger partial charge < -0.3 is 5.32 Å². The van der Waals surface area contributed by atoms with Crippen LogP contribution in [0.15, 0.2) is 11.6 Å². The first kappa shape index (κ1) is 10.6. The van der Waals surface area contributed by atoms with Gasteiger partial charge in [0.2, 0.25) is 0 Å². The average molecular weight is 211 g/mol. The van der Waals surface area contributed by atoms with E-state index in [0.717, 1.165) is 17.2 Å². The Bertz CT molecular complexity index is 218. The van der Waals surface area contributed by atoms with E-state index in [1.165, 1.54) is 31.6 Å². The van der Waals surface area contributed by atoms with Gasteiger partial charge in [0, 0.05) is 0 Å². The summed E-state index contributed by atoms with van der Waals surface area (Å²) in [5, 5.41) is 4.40. The Hall–Kier alpha value is 0.0500. The summed E-state index contributed by atoms with van der Waals surface area (Å²) in [4.78, 5) is 0. The van der Waals surface area contributed by atoms with Crippen molar-refractivity contribution in [2.75, 3.05) is 12.3 Å². The molecule has 0 radical (unpaired) electrons. The molecule has 3 unspecified atom stereocenters. The van der Waals surface area contributed by atoms with Gasteiger partial charge in [-0.2, -0.15) is 0 Å². The Morgan fingerprint density at radius 3 is 3.00 bits per heavy atom. The maximum atomic E-state index is 3.67. The highest BCUT2D eigenvalue weighted by atomic mass is 32.2. The predicted molar refractivity (Wildman–Crippen MR) is 64.5 cm³/mol. The summed E-state index contributed by atoms with van der Waals surface area (Å²) in [6, 6.07) is 0. The maximum absolute atomic E-state index is 3.67. The fraction of sp³-hybridized carbons (Fsp3) is 0.833. The van der Waals surface area contributed by atoms with Crippen LogP contribution in [-0.4, -0.2) is 17.7 Å². The van der Waals surface area contributed by atoms with E-state index in [2.05, 4.69) is 37.0 Å². The Labute approximate surface area is 91.7 Å². The van der Waals surface area contributed by atoms with Gasteiger partial charge in [0.25, 0.3) is 0 Å². The lowest BCUT2D eigenvalue weighted by Gasteiger charge is -2.34. The van der Waals surface area contributed by atoms with Crippen molar-refractivity contribution in [3.8, 4) is 0 Å². The molecule has 0 aromatic heterocycles. The first-order valence-electron chi connectivity index (χ1n) is 5.78. The van der Waals surface area contributed by atoms with Gasteiger partial charge >= 0.3 is 0 Å². The summed E-state index contributed by atoms with van der Waals surface area (Å²) in [5.41, 5.74) is 1.60. The molecule has 1 saturated heterocycles. The second kappa shape index (κ2) is 4.71. The summed E-state index contributed by atoms with van der Waals surface area (Å²) in [7, 11) is 0. The van der Waals surface area contributed by atoms with Crippen molar-refractivity contribution in [1.82, 2.24) is 5.32 Å².